The molecule has 2 heterocycles. The molecule has 0 bridgehead atoms. The van der Waals surface area contributed by atoms with Crippen LogP contribution in [0.4, 0.5) is 6.01 Å². The Kier molecular flexibility index (Phi) is 4.37. The molecule has 2 aromatic rings. The molecule has 2 atom stereocenters. The van der Waals surface area contributed by atoms with E-state index in [0.29, 0.717) is 18.4 Å². The monoisotopic (exact) mass is 342 g/mol. The van der Waals surface area contributed by atoms with Crippen molar-refractivity contribution in [3.05, 3.63) is 23.8 Å². The van der Waals surface area contributed by atoms with Crippen LogP contribution in [0.15, 0.2) is 22.6 Å². The van der Waals surface area contributed by atoms with Crippen molar-refractivity contribution in [3.8, 4) is 0 Å². The summed E-state index contributed by atoms with van der Waals surface area (Å²) in [7, 11) is 0. The molecule has 0 spiro atoms. The zero-order valence-electron chi connectivity index (χ0n) is 14.8. The van der Waals surface area contributed by atoms with Crippen LogP contribution in [0, 0.1) is 12.8 Å². The maximum absolute atomic E-state index is 12.5. The molecule has 1 saturated heterocycles. The average molecular weight is 342 g/mol. The summed E-state index contributed by atoms with van der Waals surface area (Å²) in [5.74, 6) is 0.612. The minimum atomic E-state index is 0.202. The predicted octanol–water partition coefficient (Wildman–Crippen LogP) is 2.30. The third-order valence-electron chi connectivity index (χ3n) is 5.59. The van der Waals surface area contributed by atoms with Crippen LogP contribution < -0.4 is 10.6 Å². The number of nitrogens with two attached hydrogens (primary N) is 1. The van der Waals surface area contributed by atoms with Gasteiger partial charge in [-0.3, -0.25) is 4.79 Å². The zero-order chi connectivity index (χ0) is 17.4. The molecule has 1 aromatic heterocycles. The lowest BCUT2D eigenvalue weighted by Crippen LogP contribution is -2.49. The van der Waals surface area contributed by atoms with Gasteiger partial charge in [0.05, 0.1) is 0 Å². The number of fused-ring (bicyclic) bond motifs is 1. The maximum Gasteiger partial charge on any atom is 0.298 e. The van der Waals surface area contributed by atoms with E-state index in [1.165, 1.54) is 5.56 Å². The molecule has 6 nitrogen and oxygen atoms in total. The molecule has 4 rings (SSSR count). The first-order valence-electron chi connectivity index (χ1n) is 9.25. The molecule has 1 saturated carbocycles. The number of carbonyl (C=O) groups is 1. The van der Waals surface area contributed by atoms with Crippen molar-refractivity contribution in [2.75, 3.05) is 31.1 Å². The highest BCUT2D eigenvalue weighted by Crippen LogP contribution is 2.28. The minimum Gasteiger partial charge on any atom is -0.423 e. The van der Waals surface area contributed by atoms with Crippen LogP contribution in [0.1, 0.15) is 31.2 Å². The van der Waals surface area contributed by atoms with Crippen molar-refractivity contribution in [2.24, 2.45) is 11.7 Å². The first kappa shape index (κ1) is 16.4. The second-order valence-corrected chi connectivity index (χ2v) is 7.39. The van der Waals surface area contributed by atoms with Crippen molar-refractivity contribution in [3.63, 3.8) is 0 Å². The average Bonchev–Trinajstić information content (AvgIpc) is 3.21. The number of piperazine rings is 1. The molecule has 0 radical (unpaired) electrons. The lowest BCUT2D eigenvalue weighted by atomic mass is 9.99. The molecule has 25 heavy (non-hydrogen) atoms. The summed E-state index contributed by atoms with van der Waals surface area (Å²) >= 11 is 0. The van der Waals surface area contributed by atoms with Gasteiger partial charge in [0.15, 0.2) is 5.58 Å². The number of nitrogens with zero attached hydrogens (tertiary/aromatic N) is 3. The number of aromatic nitrogens is 1. The third-order valence-corrected chi connectivity index (χ3v) is 5.59. The standard InChI is InChI=1S/C19H26N4O2/c1-13-5-6-17-16(11-13)21-19(25-17)23-9-7-22(8-10-23)18(24)12-14-3-2-4-15(14)20/h5-6,11,14-15H,2-4,7-10,12,20H2,1H3/t14-,15+/m0/s1. The van der Waals surface area contributed by atoms with Crippen LogP contribution >= 0.6 is 0 Å². The van der Waals surface area contributed by atoms with E-state index in [1.807, 2.05) is 23.1 Å². The topological polar surface area (TPSA) is 75.6 Å². The molecule has 0 unspecified atom stereocenters. The molecule has 2 aliphatic rings. The Morgan fingerprint density at radius 2 is 2.08 bits per heavy atom. The van der Waals surface area contributed by atoms with Crippen LogP contribution in [0.2, 0.25) is 0 Å². The van der Waals surface area contributed by atoms with Crippen LogP contribution in [0.5, 0.6) is 0 Å². The van der Waals surface area contributed by atoms with E-state index in [-0.39, 0.29) is 11.9 Å². The highest BCUT2D eigenvalue weighted by molar-refractivity contribution is 5.77. The van der Waals surface area contributed by atoms with E-state index in [0.717, 1.165) is 56.5 Å². The van der Waals surface area contributed by atoms with Gasteiger partial charge < -0.3 is 20.0 Å². The van der Waals surface area contributed by atoms with Gasteiger partial charge in [-0.1, -0.05) is 12.5 Å². The molecule has 1 aromatic carbocycles. The maximum atomic E-state index is 12.5. The molecular weight excluding hydrogens is 316 g/mol. The second-order valence-electron chi connectivity index (χ2n) is 7.39. The van der Waals surface area contributed by atoms with Crippen LogP contribution in [-0.4, -0.2) is 48.0 Å². The smallest absolute Gasteiger partial charge is 0.298 e. The summed E-state index contributed by atoms with van der Waals surface area (Å²) < 4.78 is 5.87. The Balaban J connectivity index is 1.36. The third kappa shape index (κ3) is 3.35. The molecular formula is C19H26N4O2. The summed E-state index contributed by atoms with van der Waals surface area (Å²) in [6.45, 7) is 5.01. The molecule has 2 N–H and O–H groups in total. The van der Waals surface area contributed by atoms with Gasteiger partial charge in [0.1, 0.15) is 5.52 Å². The van der Waals surface area contributed by atoms with Crippen LogP contribution in [-0.2, 0) is 4.79 Å². The summed E-state index contributed by atoms with van der Waals surface area (Å²) in [5, 5.41) is 0. The number of benzene rings is 1. The quantitative estimate of drug-likeness (QED) is 0.926. The first-order chi connectivity index (χ1) is 12.1. The van der Waals surface area contributed by atoms with Gasteiger partial charge >= 0.3 is 0 Å². The van der Waals surface area contributed by atoms with Crippen molar-refractivity contribution >= 4 is 23.0 Å². The largest absolute Gasteiger partial charge is 0.423 e. The van der Waals surface area contributed by atoms with Crippen molar-refractivity contribution in [2.45, 2.75) is 38.6 Å². The van der Waals surface area contributed by atoms with Gasteiger partial charge in [-0.05, 0) is 43.4 Å². The summed E-state index contributed by atoms with van der Waals surface area (Å²) in [6, 6.07) is 6.89. The fraction of sp³-hybridized carbons (Fsp3) is 0.579. The van der Waals surface area contributed by atoms with Crippen LogP contribution in [0.25, 0.3) is 11.1 Å². The SMILES string of the molecule is Cc1ccc2oc(N3CCN(C(=O)C[C@@H]4CCC[C@H]4N)CC3)nc2c1. The number of oxazole rings is 1. The second kappa shape index (κ2) is 6.67. The lowest BCUT2D eigenvalue weighted by molar-refractivity contribution is -0.132. The van der Waals surface area contributed by atoms with E-state index in [2.05, 4.69) is 16.8 Å². The molecule has 1 amide bonds. The zero-order valence-corrected chi connectivity index (χ0v) is 14.8. The van der Waals surface area contributed by atoms with Crippen LogP contribution in [0.3, 0.4) is 0 Å². The van der Waals surface area contributed by atoms with E-state index < -0.39 is 0 Å². The Morgan fingerprint density at radius 3 is 2.80 bits per heavy atom. The number of anilines is 1. The Bertz CT molecular complexity index is 764. The number of hydrogen-bond donors (Lipinski definition) is 1. The fourth-order valence-electron chi connectivity index (χ4n) is 3.98. The molecule has 6 heteroatoms. The molecule has 134 valence electrons. The van der Waals surface area contributed by atoms with E-state index >= 15 is 0 Å². The van der Waals surface area contributed by atoms with Gasteiger partial charge in [0.25, 0.3) is 6.01 Å². The number of aryl methyl sites for hydroxylation is 1. The predicted molar refractivity (Wildman–Crippen MR) is 97.5 cm³/mol. The van der Waals surface area contributed by atoms with Gasteiger partial charge in [0.2, 0.25) is 5.91 Å². The van der Waals surface area contributed by atoms with E-state index in [1.54, 1.807) is 0 Å². The number of hydrogen-bond acceptors (Lipinski definition) is 5. The molecule has 2 fully saturated rings. The summed E-state index contributed by atoms with van der Waals surface area (Å²) in [4.78, 5) is 21.2. The minimum absolute atomic E-state index is 0.202. The van der Waals surface area contributed by atoms with E-state index in [9.17, 15) is 4.79 Å². The molecule has 1 aliphatic heterocycles. The summed E-state index contributed by atoms with van der Waals surface area (Å²) in [6.07, 6.45) is 3.91. The Hall–Kier alpha value is -2.08. The van der Waals surface area contributed by atoms with E-state index in [4.69, 9.17) is 10.2 Å². The highest BCUT2D eigenvalue weighted by Gasteiger charge is 2.30. The Labute approximate surface area is 148 Å². The molecule has 1 aliphatic carbocycles. The van der Waals surface area contributed by atoms with Gasteiger partial charge in [-0.25, -0.2) is 0 Å². The normalized spacial score (nSPS) is 24.2. The summed E-state index contributed by atoms with van der Waals surface area (Å²) in [5.41, 5.74) is 8.98. The highest BCUT2D eigenvalue weighted by atomic mass is 16.4. The van der Waals surface area contributed by atoms with Gasteiger partial charge in [0, 0.05) is 38.6 Å². The number of amides is 1. The van der Waals surface area contributed by atoms with Gasteiger partial charge in [-0.15, -0.1) is 0 Å². The van der Waals surface area contributed by atoms with Gasteiger partial charge in [-0.2, -0.15) is 4.98 Å². The van der Waals surface area contributed by atoms with Crippen molar-refractivity contribution in [1.82, 2.24) is 9.88 Å². The lowest BCUT2D eigenvalue weighted by Gasteiger charge is -2.34. The Morgan fingerprint density at radius 1 is 1.28 bits per heavy atom. The first-order valence-corrected chi connectivity index (χ1v) is 9.25. The fourth-order valence-corrected chi connectivity index (χ4v) is 3.98. The number of carbonyl (C=O) groups excluding carboxylic acids is 1. The number of rotatable bonds is 3. The van der Waals surface area contributed by atoms with Crippen molar-refractivity contribution in [1.29, 1.82) is 0 Å². The van der Waals surface area contributed by atoms with Crippen molar-refractivity contribution < 1.29 is 9.21 Å².